The Morgan fingerprint density at radius 1 is 1.22 bits per heavy atom. The largest absolute Gasteiger partial charge is 0.321 e. The standard InChI is InChI=1S/C16H25NO/c1-5-6-14(17)15(18)11-12-7-9-13(10-8-12)16(2,3)4/h7-10,14H,5-6,11,17H2,1-4H3. The van der Waals surface area contributed by atoms with E-state index in [-0.39, 0.29) is 17.2 Å². The molecule has 18 heavy (non-hydrogen) atoms. The predicted octanol–water partition coefficient (Wildman–Crippen LogP) is 3.22. The first-order valence-electron chi connectivity index (χ1n) is 6.72. The second kappa shape index (κ2) is 6.14. The minimum Gasteiger partial charge on any atom is -0.321 e. The summed E-state index contributed by atoms with van der Waals surface area (Å²) in [6, 6.07) is 7.98. The van der Waals surface area contributed by atoms with Crippen molar-refractivity contribution in [2.24, 2.45) is 5.73 Å². The van der Waals surface area contributed by atoms with Crippen LogP contribution in [0.15, 0.2) is 24.3 Å². The number of benzene rings is 1. The van der Waals surface area contributed by atoms with Gasteiger partial charge in [0.2, 0.25) is 0 Å². The van der Waals surface area contributed by atoms with Crippen LogP contribution in [0.4, 0.5) is 0 Å². The molecule has 0 aromatic heterocycles. The van der Waals surface area contributed by atoms with Crippen molar-refractivity contribution in [3.63, 3.8) is 0 Å². The number of ketones is 1. The molecule has 1 atom stereocenters. The van der Waals surface area contributed by atoms with Crippen molar-refractivity contribution in [3.8, 4) is 0 Å². The summed E-state index contributed by atoms with van der Waals surface area (Å²) in [5.41, 5.74) is 8.32. The van der Waals surface area contributed by atoms with E-state index in [1.165, 1.54) is 5.56 Å². The van der Waals surface area contributed by atoms with Gasteiger partial charge in [-0.05, 0) is 23.0 Å². The van der Waals surface area contributed by atoms with Gasteiger partial charge in [0.15, 0.2) is 5.78 Å². The number of Topliss-reactive ketones (excluding diaryl/α,β-unsaturated/α-hetero) is 1. The highest BCUT2D eigenvalue weighted by Crippen LogP contribution is 2.22. The fraction of sp³-hybridized carbons (Fsp3) is 0.562. The van der Waals surface area contributed by atoms with Crippen LogP contribution >= 0.6 is 0 Å². The summed E-state index contributed by atoms with van der Waals surface area (Å²) in [6.07, 6.45) is 2.18. The van der Waals surface area contributed by atoms with Crippen LogP contribution in [-0.2, 0) is 16.6 Å². The van der Waals surface area contributed by atoms with E-state index in [9.17, 15) is 4.79 Å². The van der Waals surface area contributed by atoms with E-state index in [4.69, 9.17) is 5.73 Å². The van der Waals surface area contributed by atoms with E-state index in [0.717, 1.165) is 18.4 Å². The van der Waals surface area contributed by atoms with Crippen LogP contribution in [0, 0.1) is 0 Å². The molecular weight excluding hydrogens is 222 g/mol. The number of carbonyl (C=O) groups excluding carboxylic acids is 1. The van der Waals surface area contributed by atoms with Gasteiger partial charge >= 0.3 is 0 Å². The van der Waals surface area contributed by atoms with Gasteiger partial charge in [-0.15, -0.1) is 0 Å². The van der Waals surface area contributed by atoms with Crippen LogP contribution in [0.5, 0.6) is 0 Å². The molecule has 2 heteroatoms. The van der Waals surface area contributed by atoms with Crippen LogP contribution in [0.1, 0.15) is 51.7 Å². The van der Waals surface area contributed by atoms with Gasteiger partial charge in [-0.2, -0.15) is 0 Å². The molecule has 0 saturated carbocycles. The summed E-state index contributed by atoms with van der Waals surface area (Å²) in [5, 5.41) is 0. The van der Waals surface area contributed by atoms with Crippen LogP contribution in [0.2, 0.25) is 0 Å². The van der Waals surface area contributed by atoms with E-state index >= 15 is 0 Å². The van der Waals surface area contributed by atoms with Crippen molar-refractivity contribution in [3.05, 3.63) is 35.4 Å². The molecule has 0 aliphatic rings. The maximum atomic E-state index is 11.9. The minimum atomic E-state index is -0.308. The minimum absolute atomic E-state index is 0.139. The van der Waals surface area contributed by atoms with Crippen molar-refractivity contribution >= 4 is 5.78 Å². The van der Waals surface area contributed by atoms with Crippen LogP contribution in [0.25, 0.3) is 0 Å². The van der Waals surface area contributed by atoms with Gasteiger partial charge in [0.1, 0.15) is 0 Å². The zero-order chi connectivity index (χ0) is 13.8. The molecule has 1 aromatic rings. The fourth-order valence-electron chi connectivity index (χ4n) is 1.93. The Hall–Kier alpha value is -1.15. The molecule has 1 aromatic carbocycles. The molecule has 2 nitrogen and oxygen atoms in total. The lowest BCUT2D eigenvalue weighted by Crippen LogP contribution is -2.31. The zero-order valence-electron chi connectivity index (χ0n) is 12.0. The number of hydrogen-bond acceptors (Lipinski definition) is 2. The Morgan fingerprint density at radius 2 is 1.78 bits per heavy atom. The maximum Gasteiger partial charge on any atom is 0.153 e. The number of hydrogen-bond donors (Lipinski definition) is 1. The molecule has 0 radical (unpaired) electrons. The summed E-state index contributed by atoms with van der Waals surface area (Å²) in [4.78, 5) is 11.9. The average Bonchev–Trinajstić information content (AvgIpc) is 2.28. The second-order valence-corrected chi connectivity index (χ2v) is 5.99. The molecule has 0 aliphatic carbocycles. The Bertz CT molecular complexity index is 387. The van der Waals surface area contributed by atoms with Gasteiger partial charge in [0.25, 0.3) is 0 Å². The molecule has 0 bridgehead atoms. The van der Waals surface area contributed by atoms with Crippen molar-refractivity contribution in [2.45, 2.75) is 58.4 Å². The van der Waals surface area contributed by atoms with Crippen molar-refractivity contribution in [1.82, 2.24) is 0 Å². The first-order chi connectivity index (χ1) is 8.34. The van der Waals surface area contributed by atoms with Gasteiger partial charge in [-0.1, -0.05) is 58.4 Å². The first-order valence-corrected chi connectivity index (χ1v) is 6.72. The Labute approximate surface area is 111 Å². The summed E-state index contributed by atoms with van der Waals surface area (Å²) >= 11 is 0. The first kappa shape index (κ1) is 14.9. The van der Waals surface area contributed by atoms with E-state index in [1.54, 1.807) is 0 Å². The second-order valence-electron chi connectivity index (χ2n) is 5.99. The summed E-state index contributed by atoms with van der Waals surface area (Å²) in [7, 11) is 0. The number of carbonyl (C=O) groups is 1. The van der Waals surface area contributed by atoms with Crippen molar-refractivity contribution < 1.29 is 4.79 Å². The molecule has 1 rings (SSSR count). The number of rotatable bonds is 5. The van der Waals surface area contributed by atoms with E-state index in [0.29, 0.717) is 6.42 Å². The summed E-state index contributed by atoms with van der Waals surface area (Å²) < 4.78 is 0. The molecule has 0 amide bonds. The van der Waals surface area contributed by atoms with Gasteiger partial charge in [0, 0.05) is 6.42 Å². The topological polar surface area (TPSA) is 43.1 Å². The average molecular weight is 247 g/mol. The molecule has 0 heterocycles. The van der Waals surface area contributed by atoms with Gasteiger partial charge in [-0.25, -0.2) is 0 Å². The zero-order valence-corrected chi connectivity index (χ0v) is 12.0. The van der Waals surface area contributed by atoms with Gasteiger partial charge in [-0.3, -0.25) is 4.79 Å². The highest BCUT2D eigenvalue weighted by molar-refractivity contribution is 5.85. The van der Waals surface area contributed by atoms with Gasteiger partial charge in [0.05, 0.1) is 6.04 Å². The van der Waals surface area contributed by atoms with E-state index < -0.39 is 0 Å². The van der Waals surface area contributed by atoms with E-state index in [2.05, 4.69) is 32.9 Å². The van der Waals surface area contributed by atoms with E-state index in [1.807, 2.05) is 19.1 Å². The normalized spacial score (nSPS) is 13.4. The maximum absolute atomic E-state index is 11.9. The predicted molar refractivity (Wildman–Crippen MR) is 76.7 cm³/mol. The quantitative estimate of drug-likeness (QED) is 0.868. The highest BCUT2D eigenvalue weighted by atomic mass is 16.1. The van der Waals surface area contributed by atoms with Crippen LogP contribution in [0.3, 0.4) is 0 Å². The molecule has 0 fully saturated rings. The SMILES string of the molecule is CCCC(N)C(=O)Cc1ccc(C(C)(C)C)cc1. The summed E-state index contributed by atoms with van der Waals surface area (Å²) in [6.45, 7) is 8.60. The Kier molecular flexibility index (Phi) is 5.09. The third-order valence-electron chi connectivity index (χ3n) is 3.21. The lowest BCUT2D eigenvalue weighted by atomic mass is 9.86. The Balaban J connectivity index is 2.67. The smallest absolute Gasteiger partial charge is 0.153 e. The van der Waals surface area contributed by atoms with Crippen molar-refractivity contribution in [1.29, 1.82) is 0 Å². The lowest BCUT2D eigenvalue weighted by Gasteiger charge is -2.19. The van der Waals surface area contributed by atoms with Crippen LogP contribution < -0.4 is 5.73 Å². The highest BCUT2D eigenvalue weighted by Gasteiger charge is 2.15. The lowest BCUT2D eigenvalue weighted by molar-refractivity contribution is -0.119. The molecule has 1 unspecified atom stereocenters. The third-order valence-corrected chi connectivity index (χ3v) is 3.21. The molecule has 0 aliphatic heterocycles. The fourth-order valence-corrected chi connectivity index (χ4v) is 1.93. The third kappa shape index (κ3) is 4.26. The summed E-state index contributed by atoms with van der Waals surface area (Å²) in [5.74, 6) is 0.139. The molecule has 0 spiro atoms. The molecule has 2 N–H and O–H groups in total. The van der Waals surface area contributed by atoms with Crippen LogP contribution in [-0.4, -0.2) is 11.8 Å². The molecular formula is C16H25NO. The van der Waals surface area contributed by atoms with Gasteiger partial charge < -0.3 is 5.73 Å². The number of nitrogens with two attached hydrogens (primary N) is 1. The molecule has 0 saturated heterocycles. The Morgan fingerprint density at radius 3 is 2.22 bits per heavy atom. The van der Waals surface area contributed by atoms with Crippen molar-refractivity contribution in [2.75, 3.05) is 0 Å². The monoisotopic (exact) mass is 247 g/mol. The molecule has 100 valence electrons.